The molecule has 0 saturated carbocycles. The minimum Gasteiger partial charge on any atom is -0.337 e. The van der Waals surface area contributed by atoms with E-state index in [0.29, 0.717) is 11.6 Å². The maximum atomic E-state index is 12.5. The average molecular weight is 334 g/mol. The van der Waals surface area contributed by atoms with Crippen LogP contribution in [0.4, 0.5) is 0 Å². The lowest BCUT2D eigenvalue weighted by Crippen LogP contribution is -2.39. The van der Waals surface area contributed by atoms with E-state index in [-0.39, 0.29) is 5.91 Å². The smallest absolute Gasteiger partial charge is 0.274 e. The Morgan fingerprint density at radius 2 is 2.00 bits per heavy atom. The first kappa shape index (κ1) is 15.8. The van der Waals surface area contributed by atoms with Crippen LogP contribution < -0.4 is 0 Å². The van der Waals surface area contributed by atoms with E-state index in [1.807, 2.05) is 36.5 Å². The van der Waals surface area contributed by atoms with Gasteiger partial charge in [0.2, 0.25) is 0 Å². The van der Waals surface area contributed by atoms with Gasteiger partial charge in [0.1, 0.15) is 5.69 Å². The molecule has 1 aliphatic rings. The number of para-hydroxylation sites is 1. The van der Waals surface area contributed by atoms with Crippen LogP contribution in [0.15, 0.2) is 48.8 Å². The number of piperidine rings is 1. The molecule has 0 bridgehead atoms. The van der Waals surface area contributed by atoms with Crippen LogP contribution in [-0.4, -0.2) is 38.7 Å². The van der Waals surface area contributed by atoms with E-state index < -0.39 is 0 Å². The normalized spacial score (nSPS) is 15.6. The summed E-state index contributed by atoms with van der Waals surface area (Å²) in [6, 6.07) is 12.3. The standard InChI is InChI=1S/C20H22N4O/c1-23-9-8-19(22-23)20(25)24-10-6-15(7-11-24)12-16-13-17-4-2-3-5-18(17)21-14-16/h2-5,8-9,13-15H,6-7,10-12H2,1H3. The van der Waals surface area contributed by atoms with Crippen LogP contribution in [0.25, 0.3) is 10.9 Å². The maximum absolute atomic E-state index is 12.5. The molecule has 0 aliphatic carbocycles. The number of carbonyl (C=O) groups is 1. The van der Waals surface area contributed by atoms with Gasteiger partial charge >= 0.3 is 0 Å². The molecule has 0 unspecified atom stereocenters. The number of aryl methyl sites for hydroxylation is 1. The molecule has 0 N–H and O–H groups in total. The van der Waals surface area contributed by atoms with Crippen LogP contribution in [0, 0.1) is 5.92 Å². The Hall–Kier alpha value is -2.69. The third-order valence-electron chi connectivity index (χ3n) is 5.01. The Labute approximate surface area is 147 Å². The predicted octanol–water partition coefficient (Wildman–Crippen LogP) is 3.06. The summed E-state index contributed by atoms with van der Waals surface area (Å²) in [6.07, 6.45) is 6.90. The number of likely N-dealkylation sites (tertiary alicyclic amines) is 1. The summed E-state index contributed by atoms with van der Waals surface area (Å²) in [5.74, 6) is 0.655. The third kappa shape index (κ3) is 3.40. The molecule has 1 fully saturated rings. The van der Waals surface area contributed by atoms with Crippen molar-refractivity contribution in [1.82, 2.24) is 19.7 Å². The van der Waals surface area contributed by atoms with Gasteiger partial charge in [-0.25, -0.2) is 0 Å². The first-order chi connectivity index (χ1) is 12.2. The topological polar surface area (TPSA) is 51.0 Å². The van der Waals surface area contributed by atoms with Crippen LogP contribution in [-0.2, 0) is 13.5 Å². The van der Waals surface area contributed by atoms with Crippen molar-refractivity contribution < 1.29 is 4.79 Å². The molecule has 1 saturated heterocycles. The van der Waals surface area contributed by atoms with E-state index in [2.05, 4.69) is 28.3 Å². The Kier molecular flexibility index (Phi) is 4.22. The summed E-state index contributed by atoms with van der Waals surface area (Å²) >= 11 is 0. The fourth-order valence-corrected chi connectivity index (χ4v) is 3.59. The number of rotatable bonds is 3. The van der Waals surface area contributed by atoms with Gasteiger partial charge in [-0.2, -0.15) is 5.10 Å². The highest BCUT2D eigenvalue weighted by molar-refractivity contribution is 5.92. The van der Waals surface area contributed by atoms with Crippen LogP contribution in [0.1, 0.15) is 28.9 Å². The van der Waals surface area contributed by atoms with Gasteiger partial charge in [-0.05, 0) is 48.9 Å². The van der Waals surface area contributed by atoms with Gasteiger partial charge in [-0.1, -0.05) is 18.2 Å². The molecule has 25 heavy (non-hydrogen) atoms. The number of hydrogen-bond donors (Lipinski definition) is 0. The summed E-state index contributed by atoms with van der Waals surface area (Å²) < 4.78 is 1.67. The number of aromatic nitrogens is 3. The first-order valence-corrected chi connectivity index (χ1v) is 8.81. The lowest BCUT2D eigenvalue weighted by Gasteiger charge is -2.31. The summed E-state index contributed by atoms with van der Waals surface area (Å²) in [5, 5.41) is 5.42. The number of carbonyl (C=O) groups excluding carboxylic acids is 1. The minimum atomic E-state index is 0.0476. The zero-order valence-electron chi connectivity index (χ0n) is 14.4. The Morgan fingerprint density at radius 3 is 2.76 bits per heavy atom. The molecule has 0 atom stereocenters. The van der Waals surface area contributed by atoms with Crippen molar-refractivity contribution in [2.24, 2.45) is 13.0 Å². The molecule has 128 valence electrons. The number of nitrogens with zero attached hydrogens (tertiary/aromatic N) is 4. The molecule has 2 aromatic heterocycles. The molecular formula is C20H22N4O. The average Bonchev–Trinajstić information content (AvgIpc) is 3.08. The summed E-state index contributed by atoms with van der Waals surface area (Å²) in [6.45, 7) is 1.61. The van der Waals surface area contributed by atoms with E-state index in [9.17, 15) is 4.79 Å². The Morgan fingerprint density at radius 1 is 1.20 bits per heavy atom. The monoisotopic (exact) mass is 334 g/mol. The van der Waals surface area contributed by atoms with Gasteiger partial charge in [0.15, 0.2) is 0 Å². The van der Waals surface area contributed by atoms with Crippen LogP contribution in [0.2, 0.25) is 0 Å². The molecule has 1 aliphatic heterocycles. The van der Waals surface area contributed by atoms with Crippen molar-refractivity contribution >= 4 is 16.8 Å². The summed E-state index contributed by atoms with van der Waals surface area (Å²) in [4.78, 5) is 18.9. The molecule has 4 rings (SSSR count). The number of pyridine rings is 1. The first-order valence-electron chi connectivity index (χ1n) is 8.81. The quantitative estimate of drug-likeness (QED) is 0.740. The van der Waals surface area contributed by atoms with Gasteiger partial charge in [-0.15, -0.1) is 0 Å². The molecule has 5 nitrogen and oxygen atoms in total. The zero-order valence-corrected chi connectivity index (χ0v) is 14.4. The van der Waals surface area contributed by atoms with E-state index >= 15 is 0 Å². The molecule has 0 radical (unpaired) electrons. The molecule has 0 spiro atoms. The van der Waals surface area contributed by atoms with Crippen LogP contribution in [0.5, 0.6) is 0 Å². The second-order valence-electron chi connectivity index (χ2n) is 6.85. The molecule has 1 aromatic carbocycles. The second-order valence-corrected chi connectivity index (χ2v) is 6.85. The summed E-state index contributed by atoms with van der Waals surface area (Å²) in [7, 11) is 1.83. The van der Waals surface area contributed by atoms with Crippen molar-refractivity contribution in [2.75, 3.05) is 13.1 Å². The number of amides is 1. The Balaban J connectivity index is 1.37. The van der Waals surface area contributed by atoms with E-state index in [1.165, 1.54) is 10.9 Å². The number of hydrogen-bond acceptors (Lipinski definition) is 3. The van der Waals surface area contributed by atoms with Crippen LogP contribution in [0.3, 0.4) is 0 Å². The number of benzene rings is 1. The van der Waals surface area contributed by atoms with Gasteiger partial charge < -0.3 is 4.90 Å². The molecule has 3 aromatic rings. The summed E-state index contributed by atoms with van der Waals surface area (Å²) in [5.41, 5.74) is 2.87. The maximum Gasteiger partial charge on any atom is 0.274 e. The van der Waals surface area contributed by atoms with Crippen molar-refractivity contribution in [3.63, 3.8) is 0 Å². The molecule has 5 heteroatoms. The highest BCUT2D eigenvalue weighted by Gasteiger charge is 2.25. The Bertz CT molecular complexity index is 893. The highest BCUT2D eigenvalue weighted by Crippen LogP contribution is 2.24. The van der Waals surface area contributed by atoms with Crippen LogP contribution >= 0.6 is 0 Å². The van der Waals surface area contributed by atoms with Gasteiger partial charge in [-0.3, -0.25) is 14.5 Å². The van der Waals surface area contributed by atoms with Crippen molar-refractivity contribution in [2.45, 2.75) is 19.3 Å². The van der Waals surface area contributed by atoms with E-state index in [1.54, 1.807) is 10.7 Å². The lowest BCUT2D eigenvalue weighted by molar-refractivity contribution is 0.0684. The zero-order chi connectivity index (χ0) is 17.2. The van der Waals surface area contributed by atoms with Crippen molar-refractivity contribution in [1.29, 1.82) is 0 Å². The molecule has 1 amide bonds. The van der Waals surface area contributed by atoms with E-state index in [4.69, 9.17) is 0 Å². The molecule has 3 heterocycles. The van der Waals surface area contributed by atoms with E-state index in [0.717, 1.165) is 37.9 Å². The fraction of sp³-hybridized carbons (Fsp3) is 0.350. The molecular weight excluding hydrogens is 312 g/mol. The van der Waals surface area contributed by atoms with Crippen molar-refractivity contribution in [3.8, 4) is 0 Å². The SMILES string of the molecule is Cn1ccc(C(=O)N2CCC(Cc3cnc4ccccc4c3)CC2)n1. The second kappa shape index (κ2) is 6.67. The predicted molar refractivity (Wildman–Crippen MR) is 97.3 cm³/mol. The van der Waals surface area contributed by atoms with Gasteiger partial charge in [0, 0.05) is 37.9 Å². The number of fused-ring (bicyclic) bond motifs is 1. The lowest BCUT2D eigenvalue weighted by atomic mass is 9.90. The minimum absolute atomic E-state index is 0.0476. The van der Waals surface area contributed by atoms with Gasteiger partial charge in [0.05, 0.1) is 5.52 Å². The van der Waals surface area contributed by atoms with Crippen molar-refractivity contribution in [3.05, 3.63) is 60.0 Å². The van der Waals surface area contributed by atoms with Gasteiger partial charge in [0.25, 0.3) is 5.91 Å². The third-order valence-corrected chi connectivity index (χ3v) is 5.01. The highest BCUT2D eigenvalue weighted by atomic mass is 16.2. The fourth-order valence-electron chi connectivity index (χ4n) is 3.59. The largest absolute Gasteiger partial charge is 0.337 e.